The van der Waals surface area contributed by atoms with Crippen molar-refractivity contribution in [3.05, 3.63) is 62.5 Å². The summed E-state index contributed by atoms with van der Waals surface area (Å²) in [5.41, 5.74) is 1.86. The molecule has 0 radical (unpaired) electrons. The van der Waals surface area contributed by atoms with E-state index in [-0.39, 0.29) is 0 Å². The zero-order chi connectivity index (χ0) is 13.8. The van der Waals surface area contributed by atoms with Crippen LogP contribution in [-0.2, 0) is 6.61 Å². The Morgan fingerprint density at radius 3 is 2.53 bits per heavy atom. The molecule has 0 spiro atoms. The number of hydrogen-bond acceptors (Lipinski definition) is 2. The van der Waals surface area contributed by atoms with Gasteiger partial charge >= 0.3 is 0 Å². The summed E-state index contributed by atoms with van der Waals surface area (Å²) in [5, 5.41) is 9.73. The van der Waals surface area contributed by atoms with Crippen LogP contribution in [0.4, 0.5) is 0 Å². The molecule has 0 unspecified atom stereocenters. The number of aliphatic hydroxyl groups excluding tert-OH is 1. The minimum Gasteiger partial charge on any atom is -0.488 e. The summed E-state index contributed by atoms with van der Waals surface area (Å²) >= 11 is 6.85. The predicted molar refractivity (Wildman–Crippen MR) is 83.2 cm³/mol. The number of aliphatic hydroxyl groups is 1. The molecule has 4 heteroatoms. The number of halogens is 2. The standard InChI is InChI=1S/C15H14Br2O2/c1-10(18)14-6-5-13(17)8-15(14)19-9-11-3-2-4-12(16)7-11/h2-8,10,18H,9H2,1H3/t10-/m1/s1. The van der Waals surface area contributed by atoms with Gasteiger partial charge in [-0.1, -0.05) is 50.1 Å². The average Bonchev–Trinajstić information content (AvgIpc) is 2.36. The molecule has 0 bridgehead atoms. The quantitative estimate of drug-likeness (QED) is 0.815. The molecule has 0 heterocycles. The molecule has 2 nitrogen and oxygen atoms in total. The van der Waals surface area contributed by atoms with Gasteiger partial charge in [0.25, 0.3) is 0 Å². The molecule has 0 aliphatic carbocycles. The van der Waals surface area contributed by atoms with Gasteiger partial charge in [-0.05, 0) is 36.8 Å². The summed E-state index contributed by atoms with van der Waals surface area (Å²) < 4.78 is 7.77. The molecule has 0 amide bonds. The zero-order valence-corrected chi connectivity index (χ0v) is 13.6. The Labute approximate surface area is 129 Å². The van der Waals surface area contributed by atoms with E-state index in [1.54, 1.807) is 6.92 Å². The highest BCUT2D eigenvalue weighted by Gasteiger charge is 2.10. The van der Waals surface area contributed by atoms with Crippen molar-refractivity contribution in [1.29, 1.82) is 0 Å². The van der Waals surface area contributed by atoms with Crippen molar-refractivity contribution >= 4 is 31.9 Å². The Kier molecular flexibility index (Phi) is 5.02. The lowest BCUT2D eigenvalue weighted by molar-refractivity contribution is 0.190. The maximum atomic E-state index is 9.73. The van der Waals surface area contributed by atoms with Gasteiger partial charge < -0.3 is 9.84 Å². The van der Waals surface area contributed by atoms with Gasteiger partial charge in [0, 0.05) is 14.5 Å². The summed E-state index contributed by atoms with van der Waals surface area (Å²) in [6.45, 7) is 2.20. The lowest BCUT2D eigenvalue weighted by Crippen LogP contribution is -2.01. The molecule has 2 aromatic carbocycles. The van der Waals surface area contributed by atoms with Crippen molar-refractivity contribution in [2.45, 2.75) is 19.6 Å². The molecule has 2 rings (SSSR count). The van der Waals surface area contributed by atoms with E-state index in [0.717, 1.165) is 20.1 Å². The Morgan fingerprint density at radius 2 is 1.84 bits per heavy atom. The third kappa shape index (κ3) is 4.06. The first kappa shape index (κ1) is 14.6. The van der Waals surface area contributed by atoms with Crippen LogP contribution < -0.4 is 4.74 Å². The van der Waals surface area contributed by atoms with Gasteiger partial charge in [0.15, 0.2) is 0 Å². The summed E-state index contributed by atoms with van der Waals surface area (Å²) in [7, 11) is 0. The first-order valence-electron chi connectivity index (χ1n) is 5.91. The van der Waals surface area contributed by atoms with Crippen LogP contribution in [0.1, 0.15) is 24.2 Å². The van der Waals surface area contributed by atoms with Crippen LogP contribution in [0.5, 0.6) is 5.75 Å². The van der Waals surface area contributed by atoms with Crippen molar-refractivity contribution in [2.24, 2.45) is 0 Å². The summed E-state index contributed by atoms with van der Waals surface area (Å²) in [6, 6.07) is 13.6. The monoisotopic (exact) mass is 384 g/mol. The van der Waals surface area contributed by atoms with E-state index in [2.05, 4.69) is 31.9 Å². The third-order valence-corrected chi connectivity index (χ3v) is 3.70. The van der Waals surface area contributed by atoms with Crippen molar-refractivity contribution in [1.82, 2.24) is 0 Å². The second-order valence-electron chi connectivity index (χ2n) is 4.28. The van der Waals surface area contributed by atoms with E-state index in [1.807, 2.05) is 42.5 Å². The molecule has 1 N–H and O–H groups in total. The largest absolute Gasteiger partial charge is 0.488 e. The van der Waals surface area contributed by atoms with Gasteiger partial charge in [0.05, 0.1) is 6.10 Å². The summed E-state index contributed by atoms with van der Waals surface area (Å²) in [6.07, 6.45) is -0.550. The number of rotatable bonds is 4. The zero-order valence-electron chi connectivity index (χ0n) is 10.4. The first-order valence-corrected chi connectivity index (χ1v) is 7.49. The fourth-order valence-electron chi connectivity index (χ4n) is 1.77. The Hall–Kier alpha value is -0.840. The SMILES string of the molecule is C[C@@H](O)c1ccc(Br)cc1OCc1cccc(Br)c1. The van der Waals surface area contributed by atoms with Crippen molar-refractivity contribution in [2.75, 3.05) is 0 Å². The molecular weight excluding hydrogens is 372 g/mol. The molecule has 0 saturated heterocycles. The van der Waals surface area contributed by atoms with Gasteiger partial charge in [-0.3, -0.25) is 0 Å². The second-order valence-corrected chi connectivity index (χ2v) is 6.11. The second kappa shape index (κ2) is 6.55. The van der Waals surface area contributed by atoms with E-state index in [1.165, 1.54) is 0 Å². The lowest BCUT2D eigenvalue weighted by Gasteiger charge is -2.14. The summed E-state index contributed by atoms with van der Waals surface area (Å²) in [4.78, 5) is 0. The maximum absolute atomic E-state index is 9.73. The minimum absolute atomic E-state index is 0.468. The van der Waals surface area contributed by atoms with Crippen molar-refractivity contribution in [3.8, 4) is 5.75 Å². The number of ether oxygens (including phenoxy) is 1. The fourth-order valence-corrected chi connectivity index (χ4v) is 2.55. The first-order chi connectivity index (χ1) is 9.06. The van der Waals surface area contributed by atoms with Gasteiger partial charge in [0.1, 0.15) is 12.4 Å². The van der Waals surface area contributed by atoms with E-state index in [9.17, 15) is 5.11 Å². The Bertz CT molecular complexity index is 568. The molecule has 0 saturated carbocycles. The van der Waals surface area contributed by atoms with Crippen LogP contribution in [0.2, 0.25) is 0 Å². The van der Waals surface area contributed by atoms with Crippen molar-refractivity contribution in [3.63, 3.8) is 0 Å². The topological polar surface area (TPSA) is 29.5 Å². The molecule has 0 fully saturated rings. The number of benzene rings is 2. The minimum atomic E-state index is -0.550. The highest BCUT2D eigenvalue weighted by atomic mass is 79.9. The molecule has 2 aromatic rings. The Balaban J connectivity index is 2.17. The molecule has 0 aromatic heterocycles. The smallest absolute Gasteiger partial charge is 0.126 e. The van der Waals surface area contributed by atoms with Crippen LogP contribution >= 0.6 is 31.9 Å². The van der Waals surface area contributed by atoms with Crippen LogP contribution in [0.3, 0.4) is 0 Å². The molecular formula is C15H14Br2O2. The molecule has 0 aliphatic heterocycles. The van der Waals surface area contributed by atoms with Crippen molar-refractivity contribution < 1.29 is 9.84 Å². The molecule has 100 valence electrons. The van der Waals surface area contributed by atoms with Gasteiger partial charge in [-0.15, -0.1) is 0 Å². The van der Waals surface area contributed by atoms with Crippen LogP contribution in [0.25, 0.3) is 0 Å². The summed E-state index contributed by atoms with van der Waals surface area (Å²) in [5.74, 6) is 0.698. The highest BCUT2D eigenvalue weighted by molar-refractivity contribution is 9.10. The predicted octanol–water partition coefficient (Wildman–Crippen LogP) is 4.84. The molecule has 1 atom stereocenters. The number of hydrogen-bond donors (Lipinski definition) is 1. The maximum Gasteiger partial charge on any atom is 0.126 e. The van der Waals surface area contributed by atoms with E-state index >= 15 is 0 Å². The van der Waals surface area contributed by atoms with Crippen LogP contribution in [-0.4, -0.2) is 5.11 Å². The lowest BCUT2D eigenvalue weighted by atomic mass is 10.1. The van der Waals surface area contributed by atoms with Crippen LogP contribution in [0.15, 0.2) is 51.4 Å². The Morgan fingerprint density at radius 1 is 1.11 bits per heavy atom. The fraction of sp³-hybridized carbons (Fsp3) is 0.200. The molecule has 19 heavy (non-hydrogen) atoms. The average molecular weight is 386 g/mol. The normalized spacial score (nSPS) is 12.2. The van der Waals surface area contributed by atoms with Gasteiger partial charge in [-0.2, -0.15) is 0 Å². The van der Waals surface area contributed by atoms with E-state index in [4.69, 9.17) is 4.74 Å². The van der Waals surface area contributed by atoms with E-state index in [0.29, 0.717) is 12.4 Å². The van der Waals surface area contributed by atoms with Gasteiger partial charge in [0.2, 0.25) is 0 Å². The molecule has 0 aliphatic rings. The third-order valence-electron chi connectivity index (χ3n) is 2.71. The van der Waals surface area contributed by atoms with Crippen LogP contribution in [0, 0.1) is 0 Å². The van der Waals surface area contributed by atoms with Gasteiger partial charge in [-0.25, -0.2) is 0 Å². The highest BCUT2D eigenvalue weighted by Crippen LogP contribution is 2.29. The van der Waals surface area contributed by atoms with E-state index < -0.39 is 6.10 Å².